The van der Waals surface area contributed by atoms with Crippen LogP contribution in [0.1, 0.15) is 26.7 Å². The summed E-state index contributed by atoms with van der Waals surface area (Å²) in [5.74, 6) is -1.16. The zero-order valence-corrected chi connectivity index (χ0v) is 26.1. The van der Waals surface area contributed by atoms with Crippen molar-refractivity contribution in [3.8, 4) is 0 Å². The molecule has 0 spiro atoms. The summed E-state index contributed by atoms with van der Waals surface area (Å²) in [6, 6.07) is 39.2. The number of carbonyl (C=O) groups excluding carboxylic acids is 3. The average Bonchev–Trinajstić information content (AvgIpc) is 3.05. The van der Waals surface area contributed by atoms with Gasteiger partial charge in [0.2, 0.25) is 5.91 Å². The number of halogens is 2. The number of carbonyl (C=O) groups is 3. The van der Waals surface area contributed by atoms with Crippen molar-refractivity contribution >= 4 is 70.1 Å². The summed E-state index contributed by atoms with van der Waals surface area (Å²) in [6.07, 6.45) is 1.53. The van der Waals surface area contributed by atoms with Crippen LogP contribution in [0.25, 0.3) is 6.08 Å². The summed E-state index contributed by atoms with van der Waals surface area (Å²) in [7, 11) is 0. The molecule has 3 amide bonds. The number of nitrogens with one attached hydrogen (secondary N) is 3. The molecular weight excluding hydrogens is 625 g/mol. The molecule has 0 fully saturated rings. The molecule has 9 heteroatoms. The lowest BCUT2D eigenvalue weighted by Crippen LogP contribution is -2.30. The van der Waals surface area contributed by atoms with Crippen molar-refractivity contribution in [1.82, 2.24) is 5.32 Å². The van der Waals surface area contributed by atoms with Crippen molar-refractivity contribution in [3.63, 3.8) is 0 Å². The number of anilines is 2. The molecule has 3 N–H and O–H groups in total. The molecule has 5 rings (SSSR count). The van der Waals surface area contributed by atoms with Gasteiger partial charge in [0.15, 0.2) is 0 Å². The molecular formula is C36H27Cl2N3O3S. The van der Waals surface area contributed by atoms with Crippen molar-refractivity contribution in [2.45, 2.75) is 10.1 Å². The topological polar surface area (TPSA) is 87.3 Å². The molecule has 1 unspecified atom stereocenters. The van der Waals surface area contributed by atoms with Gasteiger partial charge in [-0.3, -0.25) is 14.4 Å². The SMILES string of the molecule is O=C(Nc1ccc(SC(C(=O)Nc2cccc(Cl)c2)c2ccccc2)cc1)/C(=C/c1ccccc1Cl)NC(=O)c1ccccc1. The van der Waals surface area contributed by atoms with Crippen LogP contribution in [-0.4, -0.2) is 17.7 Å². The highest BCUT2D eigenvalue weighted by Gasteiger charge is 2.23. The first-order chi connectivity index (χ1) is 21.9. The maximum Gasteiger partial charge on any atom is 0.272 e. The monoisotopic (exact) mass is 651 g/mol. The number of thioether (sulfide) groups is 1. The van der Waals surface area contributed by atoms with Gasteiger partial charge >= 0.3 is 0 Å². The van der Waals surface area contributed by atoms with E-state index in [2.05, 4.69) is 16.0 Å². The van der Waals surface area contributed by atoms with Crippen molar-refractivity contribution in [3.05, 3.63) is 166 Å². The van der Waals surface area contributed by atoms with Gasteiger partial charge < -0.3 is 16.0 Å². The fourth-order valence-electron chi connectivity index (χ4n) is 4.32. The fourth-order valence-corrected chi connectivity index (χ4v) is 5.72. The van der Waals surface area contributed by atoms with E-state index in [4.69, 9.17) is 23.2 Å². The standard InChI is InChI=1S/C36H27Cl2N3O3S/c37-27-15-9-16-29(23-27)40-36(44)33(24-10-3-1-4-11-24)45-30-20-18-28(19-21-30)39-35(43)32(22-26-14-7-8-17-31(26)38)41-34(42)25-12-5-2-6-13-25/h1-23,33H,(H,39,43)(H,40,44)(H,41,42)/b32-22-. The third-order valence-corrected chi connectivity index (χ3v) is 8.38. The molecule has 6 nitrogen and oxygen atoms in total. The maximum atomic E-state index is 13.4. The van der Waals surface area contributed by atoms with E-state index >= 15 is 0 Å². The van der Waals surface area contributed by atoms with E-state index in [9.17, 15) is 14.4 Å². The van der Waals surface area contributed by atoms with Gasteiger partial charge in [0.1, 0.15) is 10.9 Å². The van der Waals surface area contributed by atoms with E-state index in [1.54, 1.807) is 91.0 Å². The second-order valence-electron chi connectivity index (χ2n) is 9.79. The first-order valence-corrected chi connectivity index (χ1v) is 15.5. The lowest BCUT2D eigenvalue weighted by Gasteiger charge is -2.18. The summed E-state index contributed by atoms with van der Waals surface area (Å²) < 4.78 is 0. The molecule has 1 atom stereocenters. The van der Waals surface area contributed by atoms with Crippen LogP contribution in [0.3, 0.4) is 0 Å². The summed E-state index contributed by atoms with van der Waals surface area (Å²) in [6.45, 7) is 0. The van der Waals surface area contributed by atoms with Gasteiger partial charge in [-0.2, -0.15) is 0 Å². The van der Waals surface area contributed by atoms with Gasteiger partial charge in [0.05, 0.1) is 0 Å². The van der Waals surface area contributed by atoms with E-state index in [1.165, 1.54) is 17.8 Å². The maximum absolute atomic E-state index is 13.4. The van der Waals surface area contributed by atoms with Crippen molar-refractivity contribution in [1.29, 1.82) is 0 Å². The molecule has 0 saturated heterocycles. The molecule has 0 aliphatic heterocycles. The molecule has 0 radical (unpaired) electrons. The van der Waals surface area contributed by atoms with Crippen LogP contribution in [0, 0.1) is 0 Å². The third-order valence-electron chi connectivity index (χ3n) is 6.53. The van der Waals surface area contributed by atoms with Gasteiger partial charge in [-0.25, -0.2) is 0 Å². The van der Waals surface area contributed by atoms with E-state index < -0.39 is 17.1 Å². The van der Waals surface area contributed by atoms with Crippen LogP contribution in [0.15, 0.2) is 144 Å². The number of amides is 3. The number of rotatable bonds is 10. The van der Waals surface area contributed by atoms with Gasteiger partial charge in [-0.15, -0.1) is 11.8 Å². The quantitative estimate of drug-likeness (QED) is 0.104. The summed E-state index contributed by atoms with van der Waals surface area (Å²) in [5, 5.41) is 8.92. The highest BCUT2D eigenvalue weighted by Crippen LogP contribution is 2.37. The average molecular weight is 653 g/mol. The Hall–Kier alpha value is -4.82. The summed E-state index contributed by atoms with van der Waals surface area (Å²) in [5.41, 5.74) is 2.95. The molecule has 5 aromatic rings. The molecule has 0 aliphatic carbocycles. The Morgan fingerprint density at radius 3 is 2.02 bits per heavy atom. The molecule has 224 valence electrons. The zero-order valence-electron chi connectivity index (χ0n) is 23.7. The van der Waals surface area contributed by atoms with Crippen LogP contribution >= 0.6 is 35.0 Å². The lowest BCUT2D eigenvalue weighted by molar-refractivity contribution is -0.116. The normalized spacial score (nSPS) is 11.7. The van der Waals surface area contributed by atoms with Crippen LogP contribution in [-0.2, 0) is 9.59 Å². The highest BCUT2D eigenvalue weighted by atomic mass is 35.5. The van der Waals surface area contributed by atoms with Gasteiger partial charge in [-0.05, 0) is 77.9 Å². The number of hydrogen-bond donors (Lipinski definition) is 3. The van der Waals surface area contributed by atoms with Gasteiger partial charge in [0.25, 0.3) is 11.8 Å². The number of benzene rings is 5. The van der Waals surface area contributed by atoms with Gasteiger partial charge in [-0.1, -0.05) is 96.0 Å². The molecule has 0 saturated carbocycles. The zero-order chi connectivity index (χ0) is 31.6. The Kier molecular flexibility index (Phi) is 10.7. The van der Waals surface area contributed by atoms with E-state index in [0.29, 0.717) is 32.5 Å². The van der Waals surface area contributed by atoms with Crippen LogP contribution in [0.2, 0.25) is 10.0 Å². The van der Waals surface area contributed by atoms with Crippen LogP contribution in [0.4, 0.5) is 11.4 Å². The van der Waals surface area contributed by atoms with E-state index in [-0.39, 0.29) is 11.6 Å². The Bertz CT molecular complexity index is 1830. The second-order valence-corrected chi connectivity index (χ2v) is 11.8. The smallest absolute Gasteiger partial charge is 0.272 e. The molecule has 5 aromatic carbocycles. The van der Waals surface area contributed by atoms with Gasteiger partial charge in [0, 0.05) is 31.9 Å². The second kappa shape index (κ2) is 15.3. The Morgan fingerprint density at radius 1 is 0.667 bits per heavy atom. The number of hydrogen-bond acceptors (Lipinski definition) is 4. The Labute approximate surface area is 275 Å². The molecule has 45 heavy (non-hydrogen) atoms. The van der Waals surface area contributed by atoms with Crippen LogP contribution < -0.4 is 16.0 Å². The largest absolute Gasteiger partial charge is 0.325 e. The molecule has 0 aromatic heterocycles. The van der Waals surface area contributed by atoms with E-state index in [1.807, 2.05) is 42.5 Å². The lowest BCUT2D eigenvalue weighted by atomic mass is 10.1. The van der Waals surface area contributed by atoms with Crippen molar-refractivity contribution in [2.24, 2.45) is 0 Å². The fraction of sp³-hybridized carbons (Fsp3) is 0.0278. The highest BCUT2D eigenvalue weighted by molar-refractivity contribution is 8.00. The third kappa shape index (κ3) is 8.86. The van der Waals surface area contributed by atoms with E-state index in [0.717, 1.165) is 10.5 Å². The first-order valence-electron chi connectivity index (χ1n) is 13.9. The minimum Gasteiger partial charge on any atom is -0.325 e. The Balaban J connectivity index is 1.33. The van der Waals surface area contributed by atoms with Crippen LogP contribution in [0.5, 0.6) is 0 Å². The molecule has 0 heterocycles. The molecule has 0 bridgehead atoms. The summed E-state index contributed by atoms with van der Waals surface area (Å²) >= 11 is 13.8. The summed E-state index contributed by atoms with van der Waals surface area (Å²) in [4.78, 5) is 40.6. The predicted octanol–water partition coefficient (Wildman–Crippen LogP) is 8.88. The minimum atomic E-state index is -0.552. The van der Waals surface area contributed by atoms with Crippen molar-refractivity contribution < 1.29 is 14.4 Å². The minimum absolute atomic E-state index is 0.0252. The molecule has 0 aliphatic rings. The first kappa shape index (κ1) is 31.6. The Morgan fingerprint density at radius 2 is 1.33 bits per heavy atom. The van der Waals surface area contributed by atoms with Crippen molar-refractivity contribution in [2.75, 3.05) is 10.6 Å². The predicted molar refractivity (Wildman–Crippen MR) is 184 cm³/mol.